The molecule has 0 aromatic rings. The first kappa shape index (κ1) is 13.9. The van der Waals surface area contributed by atoms with E-state index in [4.69, 9.17) is 11.5 Å². The summed E-state index contributed by atoms with van der Waals surface area (Å²) < 4.78 is 0. The molecule has 0 unspecified atom stereocenters. The lowest BCUT2D eigenvalue weighted by atomic mass is 9.81. The van der Waals surface area contributed by atoms with E-state index in [1.165, 1.54) is 0 Å². The Morgan fingerprint density at radius 3 is 1.00 bits per heavy atom. The fourth-order valence-corrected chi connectivity index (χ4v) is 1.70. The number of nitrogens with two attached hydrogens (primary N) is 2. The predicted octanol–water partition coefficient (Wildman–Crippen LogP) is 2.80. The molecule has 0 rings (SSSR count). The molecule has 0 aliphatic carbocycles. The van der Waals surface area contributed by atoms with Crippen LogP contribution in [-0.2, 0) is 0 Å². The molecule has 4 N–H and O–H groups in total. The van der Waals surface area contributed by atoms with Crippen LogP contribution in [0.5, 0.6) is 0 Å². The first-order valence-corrected chi connectivity index (χ1v) is 6.03. The molecule has 2 heteroatoms. The van der Waals surface area contributed by atoms with Gasteiger partial charge in [-0.1, -0.05) is 27.7 Å². The fraction of sp³-hybridized carbons (Fsp3) is 1.00. The topological polar surface area (TPSA) is 52.0 Å². The molecule has 86 valence electrons. The van der Waals surface area contributed by atoms with Crippen LogP contribution in [0.15, 0.2) is 0 Å². The molecule has 0 atom stereocenters. The van der Waals surface area contributed by atoms with Gasteiger partial charge in [0.25, 0.3) is 0 Å². The molecular weight excluding hydrogens is 172 g/mol. The van der Waals surface area contributed by atoms with Gasteiger partial charge in [-0.2, -0.15) is 0 Å². The predicted molar refractivity (Wildman–Crippen MR) is 64.2 cm³/mol. The van der Waals surface area contributed by atoms with Crippen LogP contribution in [0.25, 0.3) is 0 Å². The average molecular weight is 200 g/mol. The van der Waals surface area contributed by atoms with Crippen LogP contribution in [0, 0.1) is 0 Å². The maximum atomic E-state index is 6.26. The quantitative estimate of drug-likeness (QED) is 0.664. The Bertz CT molecular complexity index is 128. The molecule has 0 heterocycles. The minimum atomic E-state index is 0.00889. The Balaban J connectivity index is 4.14. The molecule has 0 aliphatic rings. The van der Waals surface area contributed by atoms with E-state index in [2.05, 4.69) is 27.7 Å². The van der Waals surface area contributed by atoms with Crippen molar-refractivity contribution in [3.63, 3.8) is 0 Å². The minimum Gasteiger partial charge on any atom is -0.325 e. The SMILES string of the molecule is CCC(N)(CC)CCC(N)(CC)CC. The second-order valence-corrected chi connectivity index (χ2v) is 4.64. The summed E-state index contributed by atoms with van der Waals surface area (Å²) in [5.74, 6) is 0. The molecule has 0 bridgehead atoms. The van der Waals surface area contributed by atoms with E-state index in [0.29, 0.717) is 0 Å². The molecular formula is C12H28N2. The van der Waals surface area contributed by atoms with Gasteiger partial charge < -0.3 is 11.5 Å². The smallest absolute Gasteiger partial charge is 0.0149 e. The van der Waals surface area contributed by atoms with Crippen molar-refractivity contribution in [3.8, 4) is 0 Å². The fourth-order valence-electron chi connectivity index (χ4n) is 1.70. The first-order valence-electron chi connectivity index (χ1n) is 6.03. The van der Waals surface area contributed by atoms with Gasteiger partial charge in [0.1, 0.15) is 0 Å². The Morgan fingerprint density at radius 2 is 0.857 bits per heavy atom. The van der Waals surface area contributed by atoms with E-state index in [9.17, 15) is 0 Å². The van der Waals surface area contributed by atoms with Gasteiger partial charge in [0.05, 0.1) is 0 Å². The summed E-state index contributed by atoms with van der Waals surface area (Å²) >= 11 is 0. The highest BCUT2D eigenvalue weighted by atomic mass is 14.8. The molecule has 0 saturated heterocycles. The van der Waals surface area contributed by atoms with Gasteiger partial charge in [0.2, 0.25) is 0 Å². The van der Waals surface area contributed by atoms with Crippen LogP contribution in [-0.4, -0.2) is 11.1 Å². The molecule has 2 nitrogen and oxygen atoms in total. The van der Waals surface area contributed by atoms with Crippen molar-refractivity contribution in [2.24, 2.45) is 11.5 Å². The lowest BCUT2D eigenvalue weighted by molar-refractivity contribution is 0.282. The van der Waals surface area contributed by atoms with Crippen LogP contribution in [0.3, 0.4) is 0 Å². The average Bonchev–Trinajstić information content (AvgIpc) is 2.25. The van der Waals surface area contributed by atoms with Gasteiger partial charge >= 0.3 is 0 Å². The van der Waals surface area contributed by atoms with E-state index in [1.54, 1.807) is 0 Å². The van der Waals surface area contributed by atoms with Crippen LogP contribution >= 0.6 is 0 Å². The highest BCUT2D eigenvalue weighted by Crippen LogP contribution is 2.25. The van der Waals surface area contributed by atoms with Gasteiger partial charge in [-0.25, -0.2) is 0 Å². The monoisotopic (exact) mass is 200 g/mol. The van der Waals surface area contributed by atoms with Crippen molar-refractivity contribution >= 4 is 0 Å². The number of hydrogen-bond acceptors (Lipinski definition) is 2. The highest BCUT2D eigenvalue weighted by molar-refractivity contribution is 4.88. The third kappa shape index (κ3) is 3.97. The molecule has 0 fully saturated rings. The maximum absolute atomic E-state index is 6.26. The zero-order chi connectivity index (χ0) is 11.2. The minimum absolute atomic E-state index is 0.00889. The van der Waals surface area contributed by atoms with Crippen LogP contribution < -0.4 is 11.5 Å². The number of rotatable bonds is 7. The second-order valence-electron chi connectivity index (χ2n) is 4.64. The van der Waals surface area contributed by atoms with Crippen molar-refractivity contribution in [1.82, 2.24) is 0 Å². The summed E-state index contributed by atoms with van der Waals surface area (Å²) in [6.45, 7) is 8.67. The van der Waals surface area contributed by atoms with E-state index in [1.807, 2.05) is 0 Å². The molecule has 0 radical (unpaired) electrons. The summed E-state index contributed by atoms with van der Waals surface area (Å²) in [4.78, 5) is 0. The van der Waals surface area contributed by atoms with Crippen LogP contribution in [0.4, 0.5) is 0 Å². The summed E-state index contributed by atoms with van der Waals surface area (Å²) in [7, 11) is 0. The van der Waals surface area contributed by atoms with Gasteiger partial charge in [0.15, 0.2) is 0 Å². The lowest BCUT2D eigenvalue weighted by Crippen LogP contribution is -2.44. The largest absolute Gasteiger partial charge is 0.325 e. The molecule has 0 saturated carbocycles. The van der Waals surface area contributed by atoms with Gasteiger partial charge in [-0.3, -0.25) is 0 Å². The molecule has 0 aliphatic heterocycles. The van der Waals surface area contributed by atoms with Crippen molar-refractivity contribution in [2.75, 3.05) is 0 Å². The van der Waals surface area contributed by atoms with Crippen molar-refractivity contribution in [3.05, 3.63) is 0 Å². The molecule has 14 heavy (non-hydrogen) atoms. The van der Waals surface area contributed by atoms with Crippen molar-refractivity contribution in [1.29, 1.82) is 0 Å². The van der Waals surface area contributed by atoms with Crippen molar-refractivity contribution < 1.29 is 0 Å². The third-order valence-corrected chi connectivity index (χ3v) is 3.94. The normalized spacial score (nSPS) is 13.3. The maximum Gasteiger partial charge on any atom is 0.0149 e. The molecule has 0 aromatic carbocycles. The zero-order valence-electron chi connectivity index (χ0n) is 10.4. The van der Waals surface area contributed by atoms with Crippen molar-refractivity contribution in [2.45, 2.75) is 77.3 Å². The van der Waals surface area contributed by atoms with Gasteiger partial charge in [-0.15, -0.1) is 0 Å². The standard InChI is InChI=1S/C12H28N2/c1-5-11(13,6-2)9-10-12(14,7-3)8-4/h5-10,13-14H2,1-4H3. The van der Waals surface area contributed by atoms with Crippen LogP contribution in [0.1, 0.15) is 66.2 Å². The van der Waals surface area contributed by atoms with E-state index >= 15 is 0 Å². The van der Waals surface area contributed by atoms with E-state index < -0.39 is 0 Å². The van der Waals surface area contributed by atoms with Gasteiger partial charge in [0, 0.05) is 11.1 Å². The summed E-state index contributed by atoms with van der Waals surface area (Å²) in [5, 5.41) is 0. The second kappa shape index (κ2) is 5.72. The third-order valence-electron chi connectivity index (χ3n) is 3.94. The van der Waals surface area contributed by atoms with E-state index in [0.717, 1.165) is 38.5 Å². The zero-order valence-corrected chi connectivity index (χ0v) is 10.4. The van der Waals surface area contributed by atoms with E-state index in [-0.39, 0.29) is 11.1 Å². The Labute approximate surface area is 89.4 Å². The molecule has 0 amide bonds. The van der Waals surface area contributed by atoms with Crippen LogP contribution in [0.2, 0.25) is 0 Å². The molecule has 0 spiro atoms. The summed E-state index contributed by atoms with van der Waals surface area (Å²) in [6, 6.07) is 0. The summed E-state index contributed by atoms with van der Waals surface area (Å²) in [6.07, 6.45) is 6.30. The Kier molecular flexibility index (Phi) is 5.68. The Hall–Kier alpha value is -0.0800. The lowest BCUT2D eigenvalue weighted by Gasteiger charge is -2.33. The first-order chi connectivity index (χ1) is 6.45. The molecule has 0 aromatic heterocycles. The summed E-state index contributed by atoms with van der Waals surface area (Å²) in [5.41, 5.74) is 12.5. The van der Waals surface area contributed by atoms with Gasteiger partial charge in [-0.05, 0) is 38.5 Å². The Morgan fingerprint density at radius 1 is 0.643 bits per heavy atom. The highest BCUT2D eigenvalue weighted by Gasteiger charge is 2.26. The number of hydrogen-bond donors (Lipinski definition) is 2.